The number of carbonyl (C=O) groups is 2. The minimum absolute atomic E-state index is 0.0380. The van der Waals surface area contributed by atoms with Crippen LogP contribution in [-0.4, -0.2) is 31.5 Å². The Morgan fingerprint density at radius 2 is 1.79 bits per heavy atom. The minimum atomic E-state index is -0.291. The first-order valence-corrected chi connectivity index (χ1v) is 9.70. The molecule has 3 N–H and O–H groups in total. The van der Waals surface area contributed by atoms with Gasteiger partial charge in [0.1, 0.15) is 5.75 Å². The smallest absolute Gasteiger partial charge is 0.262 e. The molecule has 0 saturated carbocycles. The molecule has 2 aromatic rings. The van der Waals surface area contributed by atoms with E-state index in [2.05, 4.69) is 10.2 Å². The van der Waals surface area contributed by atoms with Crippen LogP contribution in [0.4, 0.5) is 11.4 Å². The van der Waals surface area contributed by atoms with Crippen molar-refractivity contribution in [3.8, 4) is 5.75 Å². The minimum Gasteiger partial charge on any atom is -0.482 e. The van der Waals surface area contributed by atoms with Gasteiger partial charge in [-0.15, -0.1) is 0 Å². The molecule has 28 heavy (non-hydrogen) atoms. The fraction of sp³-hybridized carbons (Fsp3) is 0.300. The van der Waals surface area contributed by atoms with Crippen LogP contribution in [0.5, 0.6) is 5.75 Å². The molecule has 1 fully saturated rings. The molecule has 0 spiro atoms. The van der Waals surface area contributed by atoms with Gasteiger partial charge in [-0.25, -0.2) is 0 Å². The van der Waals surface area contributed by atoms with Crippen molar-refractivity contribution in [1.82, 2.24) is 0 Å². The molecule has 0 radical (unpaired) electrons. The van der Waals surface area contributed by atoms with Crippen molar-refractivity contribution >= 4 is 46.4 Å². The van der Waals surface area contributed by atoms with E-state index in [0.29, 0.717) is 21.5 Å². The predicted molar refractivity (Wildman–Crippen MR) is 111 cm³/mol. The molecular weight excluding hydrogens is 401 g/mol. The second kappa shape index (κ2) is 9.17. The first-order chi connectivity index (χ1) is 13.4. The largest absolute Gasteiger partial charge is 0.482 e. The number of nitrogens with one attached hydrogen (secondary N) is 1. The van der Waals surface area contributed by atoms with E-state index in [9.17, 15) is 9.59 Å². The van der Waals surface area contributed by atoms with E-state index in [-0.39, 0.29) is 24.3 Å². The molecule has 148 valence electrons. The highest BCUT2D eigenvalue weighted by Gasteiger charge is 2.23. The number of primary amides is 1. The molecule has 8 heteroatoms. The van der Waals surface area contributed by atoms with E-state index in [1.807, 2.05) is 24.3 Å². The third-order valence-corrected chi connectivity index (χ3v) is 5.20. The molecule has 0 aliphatic carbocycles. The molecule has 0 bridgehead atoms. The Morgan fingerprint density at radius 1 is 1.11 bits per heavy atom. The highest BCUT2D eigenvalue weighted by Crippen LogP contribution is 2.27. The van der Waals surface area contributed by atoms with Gasteiger partial charge >= 0.3 is 0 Å². The number of halogens is 2. The van der Waals surface area contributed by atoms with Crippen LogP contribution in [0.3, 0.4) is 0 Å². The molecule has 1 saturated heterocycles. The summed E-state index contributed by atoms with van der Waals surface area (Å²) in [6.07, 6.45) is 1.52. The lowest BCUT2D eigenvalue weighted by atomic mass is 9.96. The van der Waals surface area contributed by atoms with E-state index in [1.54, 1.807) is 18.2 Å². The average Bonchev–Trinajstić information content (AvgIpc) is 2.68. The Labute approximate surface area is 173 Å². The monoisotopic (exact) mass is 421 g/mol. The number of ether oxygens (including phenoxy) is 1. The highest BCUT2D eigenvalue weighted by molar-refractivity contribution is 6.35. The summed E-state index contributed by atoms with van der Waals surface area (Å²) in [5.74, 6) is -0.152. The summed E-state index contributed by atoms with van der Waals surface area (Å²) in [5.41, 5.74) is 7.09. The Morgan fingerprint density at radius 3 is 2.39 bits per heavy atom. The third kappa shape index (κ3) is 5.30. The van der Waals surface area contributed by atoms with Gasteiger partial charge in [0.2, 0.25) is 5.91 Å². The molecule has 0 aromatic heterocycles. The summed E-state index contributed by atoms with van der Waals surface area (Å²) >= 11 is 11.9. The van der Waals surface area contributed by atoms with Gasteiger partial charge in [-0.05, 0) is 55.3 Å². The zero-order valence-electron chi connectivity index (χ0n) is 15.2. The second-order valence-electron chi connectivity index (χ2n) is 6.62. The topological polar surface area (TPSA) is 84.7 Å². The van der Waals surface area contributed by atoms with Crippen LogP contribution in [0.2, 0.25) is 10.0 Å². The van der Waals surface area contributed by atoms with Crippen molar-refractivity contribution in [3.63, 3.8) is 0 Å². The summed E-state index contributed by atoms with van der Waals surface area (Å²) in [4.78, 5) is 25.6. The Kier molecular flexibility index (Phi) is 6.65. The molecule has 1 aliphatic heterocycles. The van der Waals surface area contributed by atoms with E-state index < -0.39 is 0 Å². The lowest BCUT2D eigenvalue weighted by Crippen LogP contribution is -2.38. The molecule has 0 unspecified atom stereocenters. The maximum absolute atomic E-state index is 12.1. The van der Waals surface area contributed by atoms with Gasteiger partial charge in [0.05, 0.1) is 5.02 Å². The number of benzene rings is 2. The number of anilines is 2. The fourth-order valence-corrected chi connectivity index (χ4v) is 3.57. The number of rotatable bonds is 6. The number of piperidine rings is 1. The molecule has 0 atom stereocenters. The van der Waals surface area contributed by atoms with Crippen molar-refractivity contribution in [2.24, 2.45) is 11.7 Å². The molecule has 1 aliphatic rings. The zero-order valence-corrected chi connectivity index (χ0v) is 16.7. The maximum atomic E-state index is 12.1. The number of amides is 2. The number of hydrogen-bond acceptors (Lipinski definition) is 4. The van der Waals surface area contributed by atoms with Crippen molar-refractivity contribution in [1.29, 1.82) is 0 Å². The summed E-state index contributed by atoms with van der Waals surface area (Å²) in [7, 11) is 0. The van der Waals surface area contributed by atoms with Crippen LogP contribution in [0.15, 0.2) is 42.5 Å². The lowest BCUT2D eigenvalue weighted by Gasteiger charge is -2.32. The maximum Gasteiger partial charge on any atom is 0.262 e. The van der Waals surface area contributed by atoms with E-state index in [0.717, 1.165) is 31.6 Å². The van der Waals surface area contributed by atoms with Crippen molar-refractivity contribution in [3.05, 3.63) is 52.5 Å². The van der Waals surface area contributed by atoms with E-state index >= 15 is 0 Å². The van der Waals surface area contributed by atoms with Gasteiger partial charge in [-0.2, -0.15) is 0 Å². The molecule has 2 aromatic carbocycles. The Balaban J connectivity index is 1.50. The summed E-state index contributed by atoms with van der Waals surface area (Å²) in [6.45, 7) is 1.41. The Hall–Kier alpha value is -2.44. The highest BCUT2D eigenvalue weighted by atomic mass is 35.5. The first-order valence-electron chi connectivity index (χ1n) is 8.94. The fourth-order valence-electron chi connectivity index (χ4n) is 3.11. The van der Waals surface area contributed by atoms with Crippen molar-refractivity contribution < 1.29 is 14.3 Å². The van der Waals surface area contributed by atoms with Crippen LogP contribution in [0.1, 0.15) is 12.8 Å². The average molecular weight is 422 g/mol. The molecule has 1 heterocycles. The van der Waals surface area contributed by atoms with Gasteiger partial charge in [0, 0.05) is 35.4 Å². The quantitative estimate of drug-likeness (QED) is 0.744. The van der Waals surface area contributed by atoms with Gasteiger partial charge in [-0.3, -0.25) is 9.59 Å². The van der Waals surface area contributed by atoms with E-state index in [4.69, 9.17) is 33.7 Å². The second-order valence-corrected chi connectivity index (χ2v) is 7.47. The van der Waals surface area contributed by atoms with Crippen molar-refractivity contribution in [2.45, 2.75) is 12.8 Å². The van der Waals surface area contributed by atoms with Crippen LogP contribution in [-0.2, 0) is 9.59 Å². The number of carbonyl (C=O) groups excluding carboxylic acids is 2. The molecule has 2 amide bonds. The standard InChI is InChI=1S/C20H21Cl2N3O3/c21-14-1-6-18(17(22)11-14)28-12-19(26)24-15-2-4-16(5-3-15)25-9-7-13(8-10-25)20(23)27/h1-6,11,13H,7-10,12H2,(H2,23,27)(H,24,26). The van der Waals surface area contributed by atoms with Gasteiger partial charge in [-0.1, -0.05) is 23.2 Å². The molecular formula is C20H21Cl2N3O3. The third-order valence-electron chi connectivity index (χ3n) is 4.67. The van der Waals surface area contributed by atoms with Crippen LogP contribution >= 0.6 is 23.2 Å². The number of hydrogen-bond donors (Lipinski definition) is 2. The van der Waals surface area contributed by atoms with Gasteiger partial charge in [0.25, 0.3) is 5.91 Å². The molecule has 3 rings (SSSR count). The Bertz CT molecular complexity index is 850. The number of nitrogens with zero attached hydrogens (tertiary/aromatic N) is 1. The van der Waals surface area contributed by atoms with Gasteiger partial charge < -0.3 is 20.7 Å². The summed E-state index contributed by atoms with van der Waals surface area (Å²) < 4.78 is 5.43. The zero-order chi connectivity index (χ0) is 20.1. The van der Waals surface area contributed by atoms with Crippen LogP contribution in [0, 0.1) is 5.92 Å². The normalized spacial score (nSPS) is 14.6. The number of nitrogens with two attached hydrogens (primary N) is 1. The summed E-state index contributed by atoms with van der Waals surface area (Å²) in [6, 6.07) is 12.4. The first kappa shape index (κ1) is 20.3. The van der Waals surface area contributed by atoms with Crippen LogP contribution < -0.4 is 20.7 Å². The lowest BCUT2D eigenvalue weighted by molar-refractivity contribution is -0.122. The molecule has 6 nitrogen and oxygen atoms in total. The summed E-state index contributed by atoms with van der Waals surface area (Å²) in [5, 5.41) is 3.63. The van der Waals surface area contributed by atoms with E-state index in [1.165, 1.54) is 0 Å². The van der Waals surface area contributed by atoms with Crippen LogP contribution in [0.25, 0.3) is 0 Å². The predicted octanol–water partition coefficient (Wildman–Crippen LogP) is 3.71. The SMILES string of the molecule is NC(=O)C1CCN(c2ccc(NC(=O)COc3ccc(Cl)cc3Cl)cc2)CC1. The van der Waals surface area contributed by atoms with Gasteiger partial charge in [0.15, 0.2) is 6.61 Å². The van der Waals surface area contributed by atoms with Crippen molar-refractivity contribution in [2.75, 3.05) is 29.9 Å².